The summed E-state index contributed by atoms with van der Waals surface area (Å²) in [5, 5.41) is 8.44. The summed E-state index contributed by atoms with van der Waals surface area (Å²) in [7, 11) is 5.43. The van der Waals surface area contributed by atoms with Gasteiger partial charge in [0, 0.05) is 39.3 Å². The number of nitrogens with zero attached hydrogens (tertiary/aromatic N) is 4. The molecule has 0 aliphatic carbocycles. The molecule has 0 spiro atoms. The van der Waals surface area contributed by atoms with Crippen molar-refractivity contribution in [3.8, 4) is 0 Å². The minimum Gasteiger partial charge on any atom is -0.363 e. The molecule has 7 nitrogen and oxygen atoms in total. The standard InChI is InChI=1S/C19H21N5O2/c1-23(2)17-10-13(8-9-20-17)12-21-18(25)11-16-14-6-4-5-7-15(14)19(26)24(3)22-16/h4-10H,11-12H2,1-3H3,(H,21,25). The highest BCUT2D eigenvalue weighted by molar-refractivity contribution is 5.88. The van der Waals surface area contributed by atoms with Crippen LogP contribution in [0.25, 0.3) is 10.8 Å². The number of hydrogen-bond acceptors (Lipinski definition) is 5. The second-order valence-electron chi connectivity index (χ2n) is 6.29. The molecule has 0 unspecified atom stereocenters. The number of hydrogen-bond donors (Lipinski definition) is 1. The van der Waals surface area contributed by atoms with E-state index in [1.165, 1.54) is 4.68 Å². The predicted octanol–water partition coefficient (Wildman–Crippen LogP) is 1.25. The number of nitrogens with one attached hydrogen (secondary N) is 1. The van der Waals surface area contributed by atoms with Crippen molar-refractivity contribution in [3.63, 3.8) is 0 Å². The molecule has 0 bridgehead atoms. The minimum absolute atomic E-state index is 0.111. The summed E-state index contributed by atoms with van der Waals surface area (Å²) in [6.07, 6.45) is 1.83. The van der Waals surface area contributed by atoms with Crippen molar-refractivity contribution >= 4 is 22.5 Å². The summed E-state index contributed by atoms with van der Waals surface area (Å²) in [6, 6.07) is 11.0. The maximum atomic E-state index is 12.4. The van der Waals surface area contributed by atoms with E-state index in [4.69, 9.17) is 0 Å². The summed E-state index contributed by atoms with van der Waals surface area (Å²) in [4.78, 5) is 30.7. The Labute approximate surface area is 151 Å². The van der Waals surface area contributed by atoms with Crippen molar-refractivity contribution in [1.82, 2.24) is 20.1 Å². The summed E-state index contributed by atoms with van der Waals surface area (Å²) in [6.45, 7) is 0.409. The number of rotatable bonds is 5. The Morgan fingerprint density at radius 3 is 2.65 bits per heavy atom. The zero-order valence-electron chi connectivity index (χ0n) is 15.1. The van der Waals surface area contributed by atoms with Gasteiger partial charge >= 0.3 is 0 Å². The van der Waals surface area contributed by atoms with Crippen LogP contribution in [0, 0.1) is 0 Å². The Hall–Kier alpha value is -3.22. The Kier molecular flexibility index (Phi) is 4.97. The monoisotopic (exact) mass is 351 g/mol. The van der Waals surface area contributed by atoms with Gasteiger partial charge in [-0.15, -0.1) is 0 Å². The van der Waals surface area contributed by atoms with E-state index in [1.54, 1.807) is 25.4 Å². The molecule has 1 aromatic carbocycles. The molecular weight excluding hydrogens is 330 g/mol. The van der Waals surface area contributed by atoms with Crippen LogP contribution in [0.15, 0.2) is 47.4 Å². The van der Waals surface area contributed by atoms with Crippen molar-refractivity contribution in [2.75, 3.05) is 19.0 Å². The second-order valence-corrected chi connectivity index (χ2v) is 6.29. The molecule has 3 rings (SSSR count). The molecule has 26 heavy (non-hydrogen) atoms. The fraction of sp³-hybridized carbons (Fsp3) is 0.263. The zero-order chi connectivity index (χ0) is 18.7. The Balaban J connectivity index is 1.75. The van der Waals surface area contributed by atoms with Crippen LogP contribution in [-0.4, -0.2) is 34.8 Å². The molecule has 134 valence electrons. The number of carbonyl (C=O) groups is 1. The van der Waals surface area contributed by atoms with Gasteiger partial charge in [-0.05, 0) is 23.8 Å². The smallest absolute Gasteiger partial charge is 0.274 e. The lowest BCUT2D eigenvalue weighted by molar-refractivity contribution is -0.120. The van der Waals surface area contributed by atoms with Crippen LogP contribution in [0.4, 0.5) is 5.82 Å². The normalized spacial score (nSPS) is 10.7. The van der Waals surface area contributed by atoms with Crippen LogP contribution in [0.2, 0.25) is 0 Å². The molecule has 0 saturated heterocycles. The highest BCUT2D eigenvalue weighted by atomic mass is 16.1. The van der Waals surface area contributed by atoms with Crippen LogP contribution in [0.3, 0.4) is 0 Å². The Morgan fingerprint density at radius 1 is 1.19 bits per heavy atom. The van der Waals surface area contributed by atoms with Crippen LogP contribution in [0.5, 0.6) is 0 Å². The lowest BCUT2D eigenvalue weighted by atomic mass is 10.1. The van der Waals surface area contributed by atoms with Gasteiger partial charge in [0.25, 0.3) is 5.56 Å². The first kappa shape index (κ1) is 17.6. The molecular formula is C19H21N5O2. The highest BCUT2D eigenvalue weighted by Crippen LogP contribution is 2.14. The van der Waals surface area contributed by atoms with Gasteiger partial charge in [0.1, 0.15) is 5.82 Å². The molecule has 0 fully saturated rings. The summed E-state index contributed by atoms with van der Waals surface area (Å²) in [5.41, 5.74) is 1.39. The zero-order valence-corrected chi connectivity index (χ0v) is 15.1. The van der Waals surface area contributed by atoms with E-state index < -0.39 is 0 Å². The fourth-order valence-electron chi connectivity index (χ4n) is 2.74. The molecule has 0 aliphatic rings. The number of amides is 1. The van der Waals surface area contributed by atoms with Crippen molar-refractivity contribution in [3.05, 3.63) is 64.2 Å². The Bertz CT molecular complexity index is 1010. The van der Waals surface area contributed by atoms with Crippen molar-refractivity contribution in [2.24, 2.45) is 7.05 Å². The lowest BCUT2D eigenvalue weighted by Gasteiger charge is -2.12. The van der Waals surface area contributed by atoms with E-state index in [0.29, 0.717) is 23.0 Å². The maximum absolute atomic E-state index is 12.4. The van der Waals surface area contributed by atoms with Crippen molar-refractivity contribution < 1.29 is 4.79 Å². The van der Waals surface area contributed by atoms with Crippen molar-refractivity contribution in [1.29, 1.82) is 0 Å². The molecule has 1 N–H and O–H groups in total. The lowest BCUT2D eigenvalue weighted by Crippen LogP contribution is -2.27. The first-order valence-electron chi connectivity index (χ1n) is 8.29. The van der Waals surface area contributed by atoms with E-state index in [9.17, 15) is 9.59 Å². The third-order valence-corrected chi connectivity index (χ3v) is 4.12. The molecule has 1 amide bonds. The average Bonchev–Trinajstić information content (AvgIpc) is 2.64. The third-order valence-electron chi connectivity index (χ3n) is 4.12. The van der Waals surface area contributed by atoms with Crippen LogP contribution >= 0.6 is 0 Å². The van der Waals surface area contributed by atoms with E-state index in [-0.39, 0.29) is 17.9 Å². The second kappa shape index (κ2) is 7.35. The molecule has 0 saturated carbocycles. The quantitative estimate of drug-likeness (QED) is 0.748. The number of aromatic nitrogens is 3. The SMILES string of the molecule is CN(C)c1cc(CNC(=O)Cc2nn(C)c(=O)c3ccccc23)ccn1. The van der Waals surface area contributed by atoms with Gasteiger partial charge in [-0.3, -0.25) is 9.59 Å². The van der Waals surface area contributed by atoms with E-state index >= 15 is 0 Å². The maximum Gasteiger partial charge on any atom is 0.274 e. The number of pyridine rings is 1. The molecule has 3 aromatic rings. The highest BCUT2D eigenvalue weighted by Gasteiger charge is 2.12. The molecule has 7 heteroatoms. The van der Waals surface area contributed by atoms with Gasteiger partial charge in [0.15, 0.2) is 0 Å². The molecule has 0 radical (unpaired) electrons. The van der Waals surface area contributed by atoms with Gasteiger partial charge in [-0.2, -0.15) is 5.10 Å². The van der Waals surface area contributed by atoms with E-state index in [0.717, 1.165) is 11.4 Å². The van der Waals surface area contributed by atoms with Crippen LogP contribution in [0.1, 0.15) is 11.3 Å². The molecule has 0 atom stereocenters. The number of benzene rings is 1. The summed E-state index contributed by atoms with van der Waals surface area (Å²) < 4.78 is 1.27. The average molecular weight is 351 g/mol. The molecule has 2 aromatic heterocycles. The largest absolute Gasteiger partial charge is 0.363 e. The van der Waals surface area contributed by atoms with Crippen LogP contribution in [-0.2, 0) is 24.8 Å². The number of anilines is 1. The van der Waals surface area contributed by atoms with Gasteiger partial charge < -0.3 is 10.2 Å². The third kappa shape index (κ3) is 3.72. The fourth-order valence-corrected chi connectivity index (χ4v) is 2.74. The van der Waals surface area contributed by atoms with Gasteiger partial charge in [-0.1, -0.05) is 18.2 Å². The minimum atomic E-state index is -0.169. The van der Waals surface area contributed by atoms with Crippen molar-refractivity contribution in [2.45, 2.75) is 13.0 Å². The van der Waals surface area contributed by atoms with Gasteiger partial charge in [-0.25, -0.2) is 9.67 Å². The number of carbonyl (C=O) groups excluding carboxylic acids is 1. The first-order chi connectivity index (χ1) is 12.5. The predicted molar refractivity (Wildman–Crippen MR) is 101 cm³/mol. The van der Waals surface area contributed by atoms with E-state index in [1.807, 2.05) is 43.3 Å². The number of aryl methyl sites for hydroxylation is 1. The number of fused-ring (bicyclic) bond motifs is 1. The van der Waals surface area contributed by atoms with Crippen LogP contribution < -0.4 is 15.8 Å². The molecule has 0 aliphatic heterocycles. The summed E-state index contributed by atoms with van der Waals surface area (Å²) >= 11 is 0. The first-order valence-corrected chi connectivity index (χ1v) is 8.29. The molecule has 2 heterocycles. The Morgan fingerprint density at radius 2 is 1.92 bits per heavy atom. The topological polar surface area (TPSA) is 80.1 Å². The summed E-state index contributed by atoms with van der Waals surface area (Å²) in [5.74, 6) is 0.687. The van der Waals surface area contributed by atoms with Gasteiger partial charge in [0.05, 0.1) is 17.5 Å². The van der Waals surface area contributed by atoms with Gasteiger partial charge in [0.2, 0.25) is 5.91 Å². The van der Waals surface area contributed by atoms with E-state index in [2.05, 4.69) is 15.4 Å².